The topological polar surface area (TPSA) is 71.1 Å². The van der Waals surface area contributed by atoms with Crippen molar-refractivity contribution in [1.82, 2.24) is 9.71 Å². The minimum atomic E-state index is -3.19. The molecule has 0 spiro atoms. The van der Waals surface area contributed by atoms with Crippen LogP contribution in [-0.4, -0.2) is 31.7 Å². The summed E-state index contributed by atoms with van der Waals surface area (Å²) in [7, 11) is -3.19. The molecule has 0 atom stereocenters. The van der Waals surface area contributed by atoms with E-state index in [1.807, 2.05) is 26.0 Å². The van der Waals surface area contributed by atoms with Gasteiger partial charge in [0, 0.05) is 30.2 Å². The average Bonchev–Trinajstić information content (AvgIpc) is 2.13. The first-order chi connectivity index (χ1) is 7.29. The molecule has 90 valence electrons. The molecule has 1 rings (SSSR count). The highest BCUT2D eigenvalue weighted by atomic mass is 32.2. The fraction of sp³-hybridized carbons (Fsp3) is 0.500. The van der Waals surface area contributed by atoms with E-state index in [9.17, 15) is 8.42 Å². The first-order valence-corrected chi connectivity index (χ1v) is 6.80. The van der Waals surface area contributed by atoms with Gasteiger partial charge in [-0.15, -0.1) is 0 Å². The van der Waals surface area contributed by atoms with Crippen LogP contribution < -0.4 is 10.0 Å². The van der Waals surface area contributed by atoms with E-state index in [2.05, 4.69) is 15.0 Å². The zero-order chi connectivity index (χ0) is 12.2. The Morgan fingerprint density at radius 1 is 1.31 bits per heavy atom. The van der Waals surface area contributed by atoms with E-state index in [4.69, 9.17) is 0 Å². The highest BCUT2D eigenvalue weighted by molar-refractivity contribution is 7.88. The summed E-state index contributed by atoms with van der Waals surface area (Å²) < 4.78 is 24.8. The lowest BCUT2D eigenvalue weighted by molar-refractivity contribution is 0.476. The van der Waals surface area contributed by atoms with Gasteiger partial charge in [-0.3, -0.25) is 4.98 Å². The molecule has 2 N–H and O–H groups in total. The molecule has 0 radical (unpaired) electrons. The Morgan fingerprint density at radius 2 is 1.88 bits per heavy atom. The summed E-state index contributed by atoms with van der Waals surface area (Å²) >= 11 is 0. The van der Waals surface area contributed by atoms with E-state index in [-0.39, 0.29) is 0 Å². The maximum atomic E-state index is 11.1. The summed E-state index contributed by atoms with van der Waals surface area (Å²) in [6.07, 6.45) is 4.51. The molecule has 5 nitrogen and oxygen atoms in total. The summed E-state index contributed by atoms with van der Waals surface area (Å²) in [4.78, 5) is 3.90. The largest absolute Gasteiger partial charge is 0.383 e. The van der Waals surface area contributed by atoms with E-state index in [1.165, 1.54) is 0 Å². The molecular formula is C10H17N3O2S. The monoisotopic (exact) mass is 243 g/mol. The third-order valence-corrected chi connectivity index (χ3v) is 2.80. The van der Waals surface area contributed by atoms with Crippen LogP contribution in [0.25, 0.3) is 0 Å². The molecule has 0 saturated heterocycles. The van der Waals surface area contributed by atoms with Crippen LogP contribution in [0.1, 0.15) is 13.8 Å². The van der Waals surface area contributed by atoms with Gasteiger partial charge in [-0.2, -0.15) is 0 Å². The van der Waals surface area contributed by atoms with Crippen LogP contribution in [0.4, 0.5) is 5.69 Å². The number of nitrogens with zero attached hydrogens (tertiary/aromatic N) is 1. The summed E-state index contributed by atoms with van der Waals surface area (Å²) in [6, 6.07) is 3.66. The zero-order valence-corrected chi connectivity index (χ0v) is 10.5. The lowest BCUT2D eigenvalue weighted by atomic mass is 10.1. The molecule has 0 aromatic carbocycles. The predicted molar refractivity (Wildman–Crippen MR) is 64.8 cm³/mol. The molecule has 0 bridgehead atoms. The highest BCUT2D eigenvalue weighted by Crippen LogP contribution is 2.08. The second-order valence-electron chi connectivity index (χ2n) is 4.35. The summed E-state index contributed by atoms with van der Waals surface area (Å²) in [6.45, 7) is 4.15. The smallest absolute Gasteiger partial charge is 0.209 e. The van der Waals surface area contributed by atoms with Gasteiger partial charge in [0.2, 0.25) is 10.0 Å². The third-order valence-electron chi connectivity index (χ3n) is 1.88. The molecule has 1 aromatic rings. The van der Waals surface area contributed by atoms with Crippen molar-refractivity contribution in [1.29, 1.82) is 0 Å². The van der Waals surface area contributed by atoms with Crippen LogP contribution in [0.3, 0.4) is 0 Å². The number of hydrogen-bond acceptors (Lipinski definition) is 4. The van der Waals surface area contributed by atoms with Gasteiger partial charge < -0.3 is 5.32 Å². The number of anilines is 1. The fourth-order valence-electron chi connectivity index (χ4n) is 1.33. The van der Waals surface area contributed by atoms with Crippen LogP contribution in [0.2, 0.25) is 0 Å². The average molecular weight is 243 g/mol. The van der Waals surface area contributed by atoms with Crippen LogP contribution in [0.5, 0.6) is 0 Å². The van der Waals surface area contributed by atoms with Crippen molar-refractivity contribution in [3.63, 3.8) is 0 Å². The second-order valence-corrected chi connectivity index (χ2v) is 6.10. The highest BCUT2D eigenvalue weighted by Gasteiger charge is 2.21. The van der Waals surface area contributed by atoms with Gasteiger partial charge in [-0.25, -0.2) is 13.1 Å². The summed E-state index contributed by atoms with van der Waals surface area (Å²) in [5.74, 6) is 0. The van der Waals surface area contributed by atoms with E-state index < -0.39 is 15.6 Å². The van der Waals surface area contributed by atoms with Crippen LogP contribution in [0, 0.1) is 0 Å². The molecule has 0 aliphatic carbocycles. The molecule has 1 heterocycles. The normalized spacial score (nSPS) is 12.4. The van der Waals surface area contributed by atoms with Crippen molar-refractivity contribution in [3.05, 3.63) is 24.5 Å². The van der Waals surface area contributed by atoms with Crippen molar-refractivity contribution in [2.75, 3.05) is 18.1 Å². The maximum Gasteiger partial charge on any atom is 0.209 e. The number of pyridine rings is 1. The van der Waals surface area contributed by atoms with E-state index >= 15 is 0 Å². The molecule has 0 fully saturated rings. The fourth-order valence-corrected chi connectivity index (χ4v) is 2.41. The van der Waals surface area contributed by atoms with E-state index in [0.717, 1.165) is 11.9 Å². The van der Waals surface area contributed by atoms with Crippen LogP contribution in [0.15, 0.2) is 24.5 Å². The van der Waals surface area contributed by atoms with Crippen LogP contribution in [-0.2, 0) is 10.0 Å². The van der Waals surface area contributed by atoms with Crippen molar-refractivity contribution < 1.29 is 8.42 Å². The molecular weight excluding hydrogens is 226 g/mol. The van der Waals surface area contributed by atoms with E-state index in [0.29, 0.717) is 6.54 Å². The lowest BCUT2D eigenvalue weighted by Crippen LogP contribution is -2.47. The molecule has 0 aliphatic rings. The SMILES string of the molecule is CC(C)(CNc1ccncc1)NS(C)(=O)=O. The number of sulfonamides is 1. The van der Waals surface area contributed by atoms with Crippen molar-refractivity contribution in [2.24, 2.45) is 0 Å². The number of nitrogens with one attached hydrogen (secondary N) is 2. The van der Waals surface area contributed by atoms with Gasteiger partial charge in [0.15, 0.2) is 0 Å². The Morgan fingerprint density at radius 3 is 2.38 bits per heavy atom. The quantitative estimate of drug-likeness (QED) is 0.803. The molecule has 0 aliphatic heterocycles. The Kier molecular flexibility index (Phi) is 3.88. The standard InChI is InChI=1S/C10H17N3O2S/c1-10(2,13-16(3,14)15)8-12-9-4-6-11-7-5-9/h4-7,13H,8H2,1-3H3,(H,11,12). The molecule has 1 aromatic heterocycles. The Balaban J connectivity index is 2.55. The van der Waals surface area contributed by atoms with Gasteiger partial charge in [0.05, 0.1) is 6.26 Å². The van der Waals surface area contributed by atoms with Gasteiger partial charge in [-0.1, -0.05) is 0 Å². The predicted octanol–water partition coefficient (Wildman–Crippen LogP) is 0.821. The molecule has 0 unspecified atom stereocenters. The van der Waals surface area contributed by atoms with Crippen molar-refractivity contribution in [2.45, 2.75) is 19.4 Å². The summed E-state index contributed by atoms with van der Waals surface area (Å²) in [5, 5.41) is 3.14. The third kappa shape index (κ3) is 5.09. The van der Waals surface area contributed by atoms with Crippen molar-refractivity contribution >= 4 is 15.7 Å². The summed E-state index contributed by atoms with van der Waals surface area (Å²) in [5.41, 5.74) is 0.384. The second kappa shape index (κ2) is 4.80. The number of aromatic nitrogens is 1. The Labute approximate surface area is 96.3 Å². The van der Waals surface area contributed by atoms with Gasteiger partial charge >= 0.3 is 0 Å². The first kappa shape index (κ1) is 12.9. The van der Waals surface area contributed by atoms with E-state index in [1.54, 1.807) is 12.4 Å². The number of rotatable bonds is 5. The Hall–Kier alpha value is -1.14. The lowest BCUT2D eigenvalue weighted by Gasteiger charge is -2.25. The molecule has 0 saturated carbocycles. The van der Waals surface area contributed by atoms with Gasteiger partial charge in [0.1, 0.15) is 0 Å². The first-order valence-electron chi connectivity index (χ1n) is 4.91. The van der Waals surface area contributed by atoms with Crippen LogP contribution >= 0.6 is 0 Å². The maximum absolute atomic E-state index is 11.1. The molecule has 16 heavy (non-hydrogen) atoms. The Bertz CT molecular complexity index is 429. The minimum Gasteiger partial charge on any atom is -0.383 e. The molecule has 0 amide bonds. The van der Waals surface area contributed by atoms with Gasteiger partial charge in [0.25, 0.3) is 0 Å². The zero-order valence-electron chi connectivity index (χ0n) is 9.69. The van der Waals surface area contributed by atoms with Crippen molar-refractivity contribution in [3.8, 4) is 0 Å². The number of hydrogen-bond donors (Lipinski definition) is 2. The molecule has 6 heteroatoms. The minimum absolute atomic E-state index is 0.504. The van der Waals surface area contributed by atoms with Gasteiger partial charge in [-0.05, 0) is 26.0 Å².